The molecule has 33 heavy (non-hydrogen) atoms. The Labute approximate surface area is 189 Å². The van der Waals surface area contributed by atoms with E-state index < -0.39 is 29.0 Å². The number of alkyl halides is 3. The fraction of sp³-hybridized carbons (Fsp3) is 0.174. The van der Waals surface area contributed by atoms with Crippen LogP contribution in [-0.2, 0) is 31.1 Å². The zero-order chi connectivity index (χ0) is 23.8. The first-order valence-corrected chi connectivity index (χ1v) is 10.6. The van der Waals surface area contributed by atoms with Crippen LogP contribution in [0.1, 0.15) is 26.4 Å². The van der Waals surface area contributed by atoms with Gasteiger partial charge in [-0.1, -0.05) is 42.5 Å². The molecule has 4 rings (SSSR count). The van der Waals surface area contributed by atoms with Crippen molar-refractivity contribution in [3.05, 3.63) is 103 Å². The third-order valence-electron chi connectivity index (χ3n) is 5.05. The Kier molecular flexibility index (Phi) is 5.94. The van der Waals surface area contributed by atoms with Crippen molar-refractivity contribution in [2.24, 2.45) is 7.05 Å². The van der Waals surface area contributed by atoms with Crippen LogP contribution in [-0.4, -0.2) is 15.1 Å². The van der Waals surface area contributed by atoms with Crippen LogP contribution in [0.2, 0.25) is 0 Å². The molecule has 0 bridgehead atoms. The van der Waals surface area contributed by atoms with Gasteiger partial charge < -0.3 is 4.74 Å². The summed E-state index contributed by atoms with van der Waals surface area (Å²) in [6.45, 7) is -0.145. The van der Waals surface area contributed by atoms with Crippen molar-refractivity contribution < 1.29 is 22.7 Å². The Morgan fingerprint density at radius 1 is 1.00 bits per heavy atom. The summed E-state index contributed by atoms with van der Waals surface area (Å²) in [5, 5.41) is 0.208. The maximum Gasteiger partial charge on any atom is 0.416 e. The van der Waals surface area contributed by atoms with Crippen LogP contribution >= 0.6 is 11.3 Å². The Morgan fingerprint density at radius 3 is 2.30 bits per heavy atom. The Morgan fingerprint density at radius 2 is 1.67 bits per heavy atom. The number of hydrogen-bond donors (Lipinski definition) is 0. The predicted octanol–water partition coefficient (Wildman–Crippen LogP) is 4.19. The maximum absolute atomic E-state index is 12.9. The SMILES string of the molecule is Cn1c(=O)n(Cc2ccccc2)c(=O)c2cc(C(=O)OCc3ccc(C(F)(F)F)cc3)sc21. The normalized spacial score (nSPS) is 11.6. The van der Waals surface area contributed by atoms with E-state index in [0.717, 1.165) is 33.6 Å². The number of nitrogens with zero attached hydrogens (tertiary/aromatic N) is 2. The van der Waals surface area contributed by atoms with Crippen LogP contribution in [0.15, 0.2) is 70.3 Å². The van der Waals surface area contributed by atoms with E-state index in [0.29, 0.717) is 10.4 Å². The Balaban J connectivity index is 1.58. The van der Waals surface area contributed by atoms with Gasteiger partial charge in [0.25, 0.3) is 5.56 Å². The van der Waals surface area contributed by atoms with Crippen molar-refractivity contribution in [1.82, 2.24) is 9.13 Å². The molecule has 2 aromatic heterocycles. The zero-order valence-corrected chi connectivity index (χ0v) is 18.1. The van der Waals surface area contributed by atoms with Crippen LogP contribution in [0, 0.1) is 0 Å². The lowest BCUT2D eigenvalue weighted by Gasteiger charge is -2.08. The molecule has 10 heteroatoms. The molecular formula is C23H17F3N2O4S. The van der Waals surface area contributed by atoms with Crippen LogP contribution < -0.4 is 11.2 Å². The standard InChI is InChI=1S/C23H17F3N2O4S/c1-27-20-17(19(29)28(22(27)31)12-14-5-3-2-4-6-14)11-18(33-20)21(30)32-13-15-7-9-16(10-8-15)23(24,25)26/h2-11H,12-13H2,1H3. The number of hydrogen-bond acceptors (Lipinski definition) is 5. The molecule has 170 valence electrons. The molecule has 0 amide bonds. The minimum atomic E-state index is -4.45. The number of aromatic nitrogens is 2. The van der Waals surface area contributed by atoms with Gasteiger partial charge in [0, 0.05) is 7.05 Å². The van der Waals surface area contributed by atoms with Crippen molar-refractivity contribution in [2.45, 2.75) is 19.3 Å². The lowest BCUT2D eigenvalue weighted by atomic mass is 10.1. The number of ether oxygens (including phenoxy) is 1. The van der Waals surface area contributed by atoms with Gasteiger partial charge in [0.15, 0.2) is 0 Å². The molecule has 0 N–H and O–H groups in total. The van der Waals surface area contributed by atoms with Gasteiger partial charge in [0.2, 0.25) is 0 Å². The number of thiophene rings is 1. The molecule has 0 aliphatic carbocycles. The molecule has 0 unspecified atom stereocenters. The molecule has 0 atom stereocenters. The second-order valence-corrected chi connectivity index (χ2v) is 8.35. The minimum absolute atomic E-state index is 0.0891. The minimum Gasteiger partial charge on any atom is -0.457 e. The highest BCUT2D eigenvalue weighted by molar-refractivity contribution is 7.20. The summed E-state index contributed by atoms with van der Waals surface area (Å²) in [6.07, 6.45) is -4.45. The third kappa shape index (κ3) is 4.61. The van der Waals surface area contributed by atoms with Gasteiger partial charge >= 0.3 is 17.8 Å². The van der Waals surface area contributed by atoms with Crippen molar-refractivity contribution in [1.29, 1.82) is 0 Å². The highest BCUT2D eigenvalue weighted by atomic mass is 32.1. The first kappa shape index (κ1) is 22.5. The van der Waals surface area contributed by atoms with E-state index in [1.165, 1.54) is 29.8 Å². The van der Waals surface area contributed by atoms with Gasteiger partial charge in [-0.15, -0.1) is 11.3 Å². The molecule has 2 heterocycles. The van der Waals surface area contributed by atoms with E-state index in [1.807, 2.05) is 6.07 Å². The molecule has 0 saturated carbocycles. The van der Waals surface area contributed by atoms with Crippen molar-refractivity contribution in [3.63, 3.8) is 0 Å². The molecule has 4 aromatic rings. The highest BCUT2D eigenvalue weighted by Gasteiger charge is 2.30. The van der Waals surface area contributed by atoms with Crippen LogP contribution in [0.4, 0.5) is 13.2 Å². The molecular weight excluding hydrogens is 457 g/mol. The quantitative estimate of drug-likeness (QED) is 0.407. The summed E-state index contributed by atoms with van der Waals surface area (Å²) in [5.74, 6) is -0.738. The number of esters is 1. The second-order valence-electron chi connectivity index (χ2n) is 7.32. The van der Waals surface area contributed by atoms with Crippen molar-refractivity contribution in [2.75, 3.05) is 0 Å². The summed E-state index contributed by atoms with van der Waals surface area (Å²) in [6, 6.07) is 14.7. The molecule has 0 aliphatic rings. The van der Waals surface area contributed by atoms with Gasteiger partial charge in [-0.25, -0.2) is 9.59 Å². The number of carbonyl (C=O) groups excluding carboxylic acids is 1. The van der Waals surface area contributed by atoms with Crippen LogP contribution in [0.25, 0.3) is 10.2 Å². The fourth-order valence-electron chi connectivity index (χ4n) is 3.30. The van der Waals surface area contributed by atoms with Gasteiger partial charge in [-0.05, 0) is 29.3 Å². The van der Waals surface area contributed by atoms with Gasteiger partial charge in [0.05, 0.1) is 17.5 Å². The number of carbonyl (C=O) groups is 1. The molecule has 6 nitrogen and oxygen atoms in total. The molecule has 2 aromatic carbocycles. The van der Waals surface area contributed by atoms with Gasteiger partial charge in [-0.2, -0.15) is 13.2 Å². The van der Waals surface area contributed by atoms with E-state index in [-0.39, 0.29) is 23.4 Å². The van der Waals surface area contributed by atoms with E-state index in [1.54, 1.807) is 24.3 Å². The van der Waals surface area contributed by atoms with Gasteiger partial charge in [0.1, 0.15) is 16.3 Å². The van der Waals surface area contributed by atoms with E-state index in [2.05, 4.69) is 0 Å². The van der Waals surface area contributed by atoms with Crippen molar-refractivity contribution in [3.8, 4) is 0 Å². The molecule has 0 spiro atoms. The number of fused-ring (bicyclic) bond motifs is 1. The predicted molar refractivity (Wildman–Crippen MR) is 117 cm³/mol. The Bertz CT molecular complexity index is 1440. The zero-order valence-electron chi connectivity index (χ0n) is 17.3. The second kappa shape index (κ2) is 8.70. The van der Waals surface area contributed by atoms with Crippen LogP contribution in [0.3, 0.4) is 0 Å². The summed E-state index contributed by atoms with van der Waals surface area (Å²) in [5.41, 5.74) is -0.662. The largest absolute Gasteiger partial charge is 0.457 e. The van der Waals surface area contributed by atoms with Crippen LogP contribution in [0.5, 0.6) is 0 Å². The van der Waals surface area contributed by atoms with Gasteiger partial charge in [-0.3, -0.25) is 13.9 Å². The van der Waals surface area contributed by atoms with E-state index >= 15 is 0 Å². The molecule has 0 radical (unpaired) electrons. The van der Waals surface area contributed by atoms with Crippen molar-refractivity contribution >= 4 is 27.5 Å². The summed E-state index contributed by atoms with van der Waals surface area (Å²) < 4.78 is 45.6. The molecule has 0 saturated heterocycles. The maximum atomic E-state index is 12.9. The number of aryl methyl sites for hydroxylation is 1. The first-order chi connectivity index (χ1) is 15.6. The number of rotatable bonds is 5. The topological polar surface area (TPSA) is 70.3 Å². The fourth-order valence-corrected chi connectivity index (χ4v) is 4.30. The lowest BCUT2D eigenvalue weighted by Crippen LogP contribution is -2.38. The average molecular weight is 474 g/mol. The Hall–Kier alpha value is -3.66. The highest BCUT2D eigenvalue weighted by Crippen LogP contribution is 2.29. The summed E-state index contributed by atoms with van der Waals surface area (Å²) in [4.78, 5) is 38.6. The first-order valence-electron chi connectivity index (χ1n) is 9.75. The molecule has 0 fully saturated rings. The summed E-state index contributed by atoms with van der Waals surface area (Å²) in [7, 11) is 1.51. The molecule has 0 aliphatic heterocycles. The van der Waals surface area contributed by atoms with E-state index in [9.17, 15) is 27.6 Å². The third-order valence-corrected chi connectivity index (χ3v) is 6.24. The number of halogens is 3. The smallest absolute Gasteiger partial charge is 0.416 e. The summed E-state index contributed by atoms with van der Waals surface area (Å²) >= 11 is 0.943. The monoisotopic (exact) mass is 474 g/mol. The number of benzene rings is 2. The average Bonchev–Trinajstić information content (AvgIpc) is 3.25. The lowest BCUT2D eigenvalue weighted by molar-refractivity contribution is -0.137. The van der Waals surface area contributed by atoms with E-state index in [4.69, 9.17) is 4.74 Å².